The zero-order chi connectivity index (χ0) is 14.2. The van der Waals surface area contributed by atoms with Crippen molar-refractivity contribution in [3.8, 4) is 0 Å². The molecular formula is C17H30N2O. The third kappa shape index (κ3) is 3.19. The molecule has 1 heterocycles. The van der Waals surface area contributed by atoms with E-state index in [9.17, 15) is 4.79 Å². The molecule has 3 rings (SSSR count). The van der Waals surface area contributed by atoms with E-state index in [2.05, 4.69) is 19.2 Å². The number of hydrogen-bond donors (Lipinski definition) is 1. The van der Waals surface area contributed by atoms with E-state index in [-0.39, 0.29) is 5.54 Å². The zero-order valence-corrected chi connectivity index (χ0v) is 13.2. The van der Waals surface area contributed by atoms with Gasteiger partial charge < -0.3 is 10.2 Å². The molecule has 2 saturated carbocycles. The van der Waals surface area contributed by atoms with Crippen molar-refractivity contribution in [2.45, 2.75) is 64.3 Å². The van der Waals surface area contributed by atoms with Gasteiger partial charge in [0.1, 0.15) is 0 Å². The Bertz CT molecular complexity index is 344. The Labute approximate surface area is 123 Å². The summed E-state index contributed by atoms with van der Waals surface area (Å²) in [5.41, 5.74) is 0.198. The molecule has 0 aromatic rings. The van der Waals surface area contributed by atoms with Gasteiger partial charge in [0.2, 0.25) is 5.91 Å². The first-order valence-corrected chi connectivity index (χ1v) is 8.57. The summed E-state index contributed by atoms with van der Waals surface area (Å²) in [7, 11) is 0. The first kappa shape index (κ1) is 14.4. The third-order valence-corrected chi connectivity index (χ3v) is 5.74. The SMILES string of the molecule is CC1CC2CC(C1)CC(C)(NCC(=O)N1CCCC1)C2. The Morgan fingerprint density at radius 1 is 1.15 bits per heavy atom. The lowest BCUT2D eigenvalue weighted by Crippen LogP contribution is -2.53. The topological polar surface area (TPSA) is 32.3 Å². The normalized spacial score (nSPS) is 40.9. The average Bonchev–Trinajstić information content (AvgIpc) is 2.88. The van der Waals surface area contributed by atoms with Crippen LogP contribution in [-0.2, 0) is 4.79 Å². The van der Waals surface area contributed by atoms with E-state index in [0.29, 0.717) is 12.5 Å². The highest BCUT2D eigenvalue weighted by atomic mass is 16.2. The highest BCUT2D eigenvalue weighted by Gasteiger charge is 2.40. The van der Waals surface area contributed by atoms with E-state index in [4.69, 9.17) is 0 Å². The van der Waals surface area contributed by atoms with E-state index >= 15 is 0 Å². The van der Waals surface area contributed by atoms with Crippen LogP contribution >= 0.6 is 0 Å². The Balaban J connectivity index is 1.52. The minimum atomic E-state index is 0.198. The minimum Gasteiger partial charge on any atom is -0.342 e. The van der Waals surface area contributed by atoms with Crippen molar-refractivity contribution >= 4 is 5.91 Å². The van der Waals surface area contributed by atoms with Gasteiger partial charge in [-0.25, -0.2) is 0 Å². The monoisotopic (exact) mass is 278 g/mol. The molecule has 1 saturated heterocycles. The van der Waals surface area contributed by atoms with Gasteiger partial charge in [-0.2, -0.15) is 0 Å². The van der Waals surface area contributed by atoms with Gasteiger partial charge in [-0.15, -0.1) is 0 Å². The van der Waals surface area contributed by atoms with Crippen molar-refractivity contribution in [2.75, 3.05) is 19.6 Å². The van der Waals surface area contributed by atoms with Gasteiger partial charge in [-0.3, -0.25) is 4.79 Å². The molecular weight excluding hydrogens is 248 g/mol. The Morgan fingerprint density at radius 3 is 2.35 bits per heavy atom. The maximum atomic E-state index is 12.2. The summed E-state index contributed by atoms with van der Waals surface area (Å²) in [6.45, 7) is 7.25. The van der Waals surface area contributed by atoms with E-state index in [1.807, 2.05) is 4.90 Å². The number of nitrogens with zero attached hydrogens (tertiary/aromatic N) is 1. The maximum Gasteiger partial charge on any atom is 0.236 e. The molecule has 1 N–H and O–H groups in total. The molecule has 3 nitrogen and oxygen atoms in total. The molecule has 20 heavy (non-hydrogen) atoms. The van der Waals surface area contributed by atoms with Crippen LogP contribution in [0, 0.1) is 17.8 Å². The smallest absolute Gasteiger partial charge is 0.236 e. The number of carbonyl (C=O) groups excluding carboxylic acids is 1. The minimum absolute atomic E-state index is 0.198. The van der Waals surface area contributed by atoms with Crippen LogP contribution in [0.15, 0.2) is 0 Å². The number of amides is 1. The fraction of sp³-hybridized carbons (Fsp3) is 0.941. The van der Waals surface area contributed by atoms with Gasteiger partial charge in [-0.1, -0.05) is 6.92 Å². The van der Waals surface area contributed by atoms with Gasteiger partial charge >= 0.3 is 0 Å². The first-order valence-electron chi connectivity index (χ1n) is 8.57. The lowest BCUT2D eigenvalue weighted by Gasteiger charge is -2.47. The van der Waals surface area contributed by atoms with Crippen molar-refractivity contribution in [1.82, 2.24) is 10.2 Å². The molecule has 3 fully saturated rings. The molecule has 2 atom stereocenters. The van der Waals surface area contributed by atoms with Crippen molar-refractivity contribution < 1.29 is 4.79 Å². The Hall–Kier alpha value is -0.570. The summed E-state index contributed by atoms with van der Waals surface area (Å²) in [6.07, 6.45) is 9.13. The number of rotatable bonds is 3. The van der Waals surface area contributed by atoms with Crippen molar-refractivity contribution in [1.29, 1.82) is 0 Å². The van der Waals surface area contributed by atoms with Crippen LogP contribution in [0.4, 0.5) is 0 Å². The van der Waals surface area contributed by atoms with E-state index in [1.165, 1.54) is 44.9 Å². The predicted molar refractivity (Wildman–Crippen MR) is 81.5 cm³/mol. The molecule has 2 aliphatic carbocycles. The van der Waals surface area contributed by atoms with Gasteiger partial charge in [0, 0.05) is 18.6 Å². The van der Waals surface area contributed by atoms with Crippen LogP contribution in [0.5, 0.6) is 0 Å². The number of carbonyl (C=O) groups is 1. The molecule has 1 aliphatic heterocycles. The van der Waals surface area contributed by atoms with Crippen LogP contribution < -0.4 is 5.32 Å². The second-order valence-electron chi connectivity index (χ2n) is 7.95. The zero-order valence-electron chi connectivity index (χ0n) is 13.2. The van der Waals surface area contributed by atoms with Crippen molar-refractivity contribution in [2.24, 2.45) is 17.8 Å². The highest BCUT2D eigenvalue weighted by Crippen LogP contribution is 2.46. The summed E-state index contributed by atoms with van der Waals surface area (Å²) in [4.78, 5) is 14.2. The van der Waals surface area contributed by atoms with E-state index in [1.54, 1.807) is 0 Å². The van der Waals surface area contributed by atoms with Crippen LogP contribution in [0.3, 0.4) is 0 Å². The second kappa shape index (κ2) is 5.67. The molecule has 0 radical (unpaired) electrons. The molecule has 0 aromatic carbocycles. The van der Waals surface area contributed by atoms with Gasteiger partial charge in [-0.05, 0) is 69.6 Å². The molecule has 1 amide bonds. The summed E-state index contributed by atoms with van der Waals surface area (Å²) >= 11 is 0. The molecule has 3 aliphatic rings. The van der Waals surface area contributed by atoms with Gasteiger partial charge in [0.25, 0.3) is 0 Å². The van der Waals surface area contributed by atoms with Crippen molar-refractivity contribution in [3.05, 3.63) is 0 Å². The summed E-state index contributed by atoms with van der Waals surface area (Å²) in [6, 6.07) is 0. The van der Waals surface area contributed by atoms with Gasteiger partial charge in [0.15, 0.2) is 0 Å². The van der Waals surface area contributed by atoms with Gasteiger partial charge in [0.05, 0.1) is 6.54 Å². The molecule has 3 heteroatoms. The molecule has 0 aromatic heterocycles. The quantitative estimate of drug-likeness (QED) is 0.861. The second-order valence-corrected chi connectivity index (χ2v) is 7.95. The molecule has 2 bridgehead atoms. The van der Waals surface area contributed by atoms with Crippen LogP contribution in [0.2, 0.25) is 0 Å². The summed E-state index contributed by atoms with van der Waals surface area (Å²) in [5.74, 6) is 3.00. The largest absolute Gasteiger partial charge is 0.342 e. The number of fused-ring (bicyclic) bond motifs is 2. The lowest BCUT2D eigenvalue weighted by atomic mass is 9.62. The van der Waals surface area contributed by atoms with Crippen LogP contribution in [-0.4, -0.2) is 36.0 Å². The van der Waals surface area contributed by atoms with Crippen LogP contribution in [0.25, 0.3) is 0 Å². The molecule has 0 spiro atoms. The summed E-state index contributed by atoms with van der Waals surface area (Å²) < 4.78 is 0. The number of likely N-dealkylation sites (tertiary alicyclic amines) is 1. The number of nitrogens with one attached hydrogen (secondary N) is 1. The fourth-order valence-corrected chi connectivity index (χ4v) is 5.10. The molecule has 2 unspecified atom stereocenters. The highest BCUT2D eigenvalue weighted by molar-refractivity contribution is 5.78. The lowest BCUT2D eigenvalue weighted by molar-refractivity contribution is -0.129. The van der Waals surface area contributed by atoms with Crippen molar-refractivity contribution in [3.63, 3.8) is 0 Å². The number of hydrogen-bond acceptors (Lipinski definition) is 2. The third-order valence-electron chi connectivity index (χ3n) is 5.74. The van der Waals surface area contributed by atoms with E-state index < -0.39 is 0 Å². The Kier molecular flexibility index (Phi) is 4.07. The molecule has 114 valence electrons. The average molecular weight is 278 g/mol. The van der Waals surface area contributed by atoms with Crippen LogP contribution in [0.1, 0.15) is 58.8 Å². The Morgan fingerprint density at radius 2 is 1.75 bits per heavy atom. The fourth-order valence-electron chi connectivity index (χ4n) is 5.10. The summed E-state index contributed by atoms with van der Waals surface area (Å²) in [5, 5.41) is 3.63. The standard InChI is InChI=1S/C17H30N2O/c1-13-7-14-9-15(8-13)11-17(2,10-14)18-12-16(20)19-5-3-4-6-19/h13-15,18H,3-12H2,1-2H3. The predicted octanol–water partition coefficient (Wildman–Crippen LogP) is 2.80. The maximum absolute atomic E-state index is 12.2. The first-order chi connectivity index (χ1) is 9.54. The van der Waals surface area contributed by atoms with E-state index in [0.717, 1.165) is 30.8 Å².